The van der Waals surface area contributed by atoms with E-state index in [9.17, 15) is 0 Å². The quantitative estimate of drug-likeness (QED) is 0.576. The van der Waals surface area contributed by atoms with Crippen LogP contribution < -0.4 is 5.32 Å². The first kappa shape index (κ1) is 18.8. The number of hydrogen-bond acceptors (Lipinski definition) is 5. The normalized spacial score (nSPS) is 15.2. The maximum absolute atomic E-state index is 5.36. The second-order valence-corrected chi connectivity index (χ2v) is 5.21. The Hall–Kier alpha value is -0.200. The molecule has 0 rings (SSSR count). The van der Waals surface area contributed by atoms with Crippen LogP contribution in [0.4, 0.5) is 0 Å². The topological polar surface area (TPSA) is 43.0 Å². The van der Waals surface area contributed by atoms with E-state index in [-0.39, 0.29) is 0 Å². The molecular formula is C14H32N2O3. The molecule has 0 saturated carbocycles. The molecule has 5 nitrogen and oxygen atoms in total. The third-order valence-corrected chi connectivity index (χ3v) is 3.12. The van der Waals surface area contributed by atoms with Crippen molar-refractivity contribution in [1.82, 2.24) is 10.2 Å². The molecule has 0 spiro atoms. The Morgan fingerprint density at radius 3 is 2.05 bits per heavy atom. The van der Waals surface area contributed by atoms with Crippen LogP contribution in [0.15, 0.2) is 0 Å². The Morgan fingerprint density at radius 2 is 1.58 bits per heavy atom. The summed E-state index contributed by atoms with van der Waals surface area (Å²) < 4.78 is 15.8. The van der Waals surface area contributed by atoms with Crippen molar-refractivity contribution >= 4 is 0 Å². The molecule has 0 aliphatic carbocycles. The Labute approximate surface area is 118 Å². The fourth-order valence-electron chi connectivity index (χ4n) is 2.13. The molecule has 2 atom stereocenters. The summed E-state index contributed by atoms with van der Waals surface area (Å²) >= 11 is 0. The summed E-state index contributed by atoms with van der Waals surface area (Å²) in [7, 11) is 5.22. The van der Waals surface area contributed by atoms with Crippen LogP contribution in [0.2, 0.25) is 0 Å². The molecule has 0 aromatic carbocycles. The van der Waals surface area contributed by atoms with Gasteiger partial charge >= 0.3 is 0 Å². The van der Waals surface area contributed by atoms with Gasteiger partial charge < -0.3 is 19.5 Å². The van der Waals surface area contributed by atoms with Crippen LogP contribution in [-0.4, -0.2) is 77.3 Å². The van der Waals surface area contributed by atoms with Crippen LogP contribution in [0.3, 0.4) is 0 Å². The van der Waals surface area contributed by atoms with Gasteiger partial charge in [0, 0.05) is 52.5 Å². The van der Waals surface area contributed by atoms with Gasteiger partial charge in [-0.3, -0.25) is 4.90 Å². The second kappa shape index (κ2) is 11.6. The van der Waals surface area contributed by atoms with E-state index in [4.69, 9.17) is 14.2 Å². The SMILES string of the molecule is COCCN(C(C)COC)C(CNC(C)C)COC. The maximum atomic E-state index is 5.36. The number of nitrogens with zero attached hydrogens (tertiary/aromatic N) is 1. The Balaban J connectivity index is 4.58. The maximum Gasteiger partial charge on any atom is 0.0630 e. The van der Waals surface area contributed by atoms with Gasteiger partial charge in [0.1, 0.15) is 0 Å². The number of rotatable bonds is 12. The largest absolute Gasteiger partial charge is 0.383 e. The number of methoxy groups -OCH3 is 3. The predicted octanol–water partition coefficient (Wildman–Crippen LogP) is 0.983. The zero-order chi connectivity index (χ0) is 14.7. The van der Waals surface area contributed by atoms with Gasteiger partial charge in [0.25, 0.3) is 0 Å². The van der Waals surface area contributed by atoms with E-state index in [1.54, 1.807) is 21.3 Å². The van der Waals surface area contributed by atoms with Gasteiger partial charge in [0.15, 0.2) is 0 Å². The van der Waals surface area contributed by atoms with Crippen LogP contribution in [0.5, 0.6) is 0 Å². The smallest absolute Gasteiger partial charge is 0.0630 e. The minimum atomic E-state index is 0.327. The minimum Gasteiger partial charge on any atom is -0.383 e. The highest BCUT2D eigenvalue weighted by Crippen LogP contribution is 2.07. The minimum absolute atomic E-state index is 0.327. The van der Waals surface area contributed by atoms with Crippen molar-refractivity contribution in [3.8, 4) is 0 Å². The summed E-state index contributed by atoms with van der Waals surface area (Å²) in [5, 5.41) is 3.48. The van der Waals surface area contributed by atoms with E-state index in [1.165, 1.54) is 0 Å². The van der Waals surface area contributed by atoms with Crippen molar-refractivity contribution in [2.24, 2.45) is 0 Å². The molecule has 0 aromatic heterocycles. The lowest BCUT2D eigenvalue weighted by molar-refractivity contribution is 0.0170. The van der Waals surface area contributed by atoms with E-state index in [2.05, 4.69) is 31.0 Å². The highest BCUT2D eigenvalue weighted by molar-refractivity contribution is 4.79. The third kappa shape index (κ3) is 8.55. The average Bonchev–Trinajstić information content (AvgIpc) is 2.36. The highest BCUT2D eigenvalue weighted by Gasteiger charge is 2.23. The van der Waals surface area contributed by atoms with Crippen molar-refractivity contribution in [3.05, 3.63) is 0 Å². The Bertz CT molecular complexity index is 203. The number of ether oxygens (including phenoxy) is 3. The van der Waals surface area contributed by atoms with Gasteiger partial charge in [-0.15, -0.1) is 0 Å². The van der Waals surface area contributed by atoms with E-state index >= 15 is 0 Å². The monoisotopic (exact) mass is 276 g/mol. The summed E-state index contributed by atoms with van der Waals surface area (Å²) in [4.78, 5) is 2.39. The van der Waals surface area contributed by atoms with Crippen molar-refractivity contribution in [1.29, 1.82) is 0 Å². The first-order valence-corrected chi connectivity index (χ1v) is 7.02. The highest BCUT2D eigenvalue weighted by atomic mass is 16.5. The van der Waals surface area contributed by atoms with Crippen molar-refractivity contribution in [2.45, 2.75) is 38.9 Å². The fourth-order valence-corrected chi connectivity index (χ4v) is 2.13. The summed E-state index contributed by atoms with van der Waals surface area (Å²) in [5.74, 6) is 0. The van der Waals surface area contributed by atoms with Gasteiger partial charge in [-0.05, 0) is 6.92 Å². The molecule has 1 N–H and O–H groups in total. The van der Waals surface area contributed by atoms with E-state index < -0.39 is 0 Å². The van der Waals surface area contributed by atoms with Crippen molar-refractivity contribution < 1.29 is 14.2 Å². The molecular weight excluding hydrogens is 244 g/mol. The summed E-state index contributed by atoms with van der Waals surface area (Å²) in [6.07, 6.45) is 0. The molecule has 0 radical (unpaired) electrons. The van der Waals surface area contributed by atoms with E-state index in [1.807, 2.05) is 0 Å². The molecule has 0 aromatic rings. The number of hydrogen-bond donors (Lipinski definition) is 1. The number of nitrogens with one attached hydrogen (secondary N) is 1. The van der Waals surface area contributed by atoms with Crippen LogP contribution in [0.25, 0.3) is 0 Å². The Kier molecular flexibility index (Phi) is 11.5. The fraction of sp³-hybridized carbons (Fsp3) is 1.00. The van der Waals surface area contributed by atoms with Gasteiger partial charge in [0.05, 0.1) is 19.8 Å². The van der Waals surface area contributed by atoms with Gasteiger partial charge in [-0.1, -0.05) is 13.8 Å². The zero-order valence-corrected chi connectivity index (χ0v) is 13.4. The second-order valence-electron chi connectivity index (χ2n) is 5.21. The Morgan fingerprint density at radius 1 is 0.947 bits per heavy atom. The lowest BCUT2D eigenvalue weighted by atomic mass is 10.1. The first-order chi connectivity index (χ1) is 9.06. The molecule has 5 heteroatoms. The molecule has 2 unspecified atom stereocenters. The van der Waals surface area contributed by atoms with Crippen LogP contribution in [0.1, 0.15) is 20.8 Å². The third-order valence-electron chi connectivity index (χ3n) is 3.12. The first-order valence-electron chi connectivity index (χ1n) is 7.02. The van der Waals surface area contributed by atoms with Crippen LogP contribution >= 0.6 is 0 Å². The summed E-state index contributed by atoms with van der Waals surface area (Å²) in [6, 6.07) is 1.14. The van der Waals surface area contributed by atoms with Gasteiger partial charge in [-0.2, -0.15) is 0 Å². The molecule has 0 heterocycles. The standard InChI is InChI=1S/C14H32N2O3/c1-12(2)15-9-14(11-19-6)16(7-8-17-4)13(3)10-18-5/h12-15H,7-11H2,1-6H3. The summed E-state index contributed by atoms with van der Waals surface area (Å²) in [6.45, 7) is 10.4. The van der Waals surface area contributed by atoms with Gasteiger partial charge in [0.2, 0.25) is 0 Å². The molecule has 19 heavy (non-hydrogen) atoms. The van der Waals surface area contributed by atoms with Crippen LogP contribution in [-0.2, 0) is 14.2 Å². The predicted molar refractivity (Wildman–Crippen MR) is 78.7 cm³/mol. The zero-order valence-electron chi connectivity index (χ0n) is 13.4. The lowest BCUT2D eigenvalue weighted by Gasteiger charge is -2.36. The van der Waals surface area contributed by atoms with E-state index in [0.717, 1.165) is 19.7 Å². The molecule has 0 aliphatic rings. The van der Waals surface area contributed by atoms with Crippen molar-refractivity contribution in [3.63, 3.8) is 0 Å². The molecule has 0 fully saturated rings. The average molecular weight is 276 g/mol. The van der Waals surface area contributed by atoms with E-state index in [0.29, 0.717) is 31.3 Å². The van der Waals surface area contributed by atoms with Crippen LogP contribution in [0, 0.1) is 0 Å². The molecule has 0 saturated heterocycles. The molecule has 116 valence electrons. The molecule has 0 bridgehead atoms. The van der Waals surface area contributed by atoms with Crippen molar-refractivity contribution in [2.75, 3.05) is 54.2 Å². The summed E-state index contributed by atoms with van der Waals surface area (Å²) in [5.41, 5.74) is 0. The van der Waals surface area contributed by atoms with Gasteiger partial charge in [-0.25, -0.2) is 0 Å². The lowest BCUT2D eigenvalue weighted by Crippen LogP contribution is -2.52. The molecule has 0 aliphatic heterocycles. The molecule has 0 amide bonds.